The summed E-state index contributed by atoms with van der Waals surface area (Å²) >= 11 is 0. The molecule has 0 spiro atoms. The monoisotopic (exact) mass is 341 g/mol. The van der Waals surface area contributed by atoms with E-state index in [0.29, 0.717) is 6.10 Å². The molecule has 134 valence electrons. The number of piperazine rings is 1. The largest absolute Gasteiger partial charge is 0.377 e. The first-order chi connectivity index (χ1) is 12.2. The Morgan fingerprint density at radius 2 is 1.96 bits per heavy atom. The number of benzene rings is 1. The Kier molecular flexibility index (Phi) is 4.88. The van der Waals surface area contributed by atoms with Gasteiger partial charge in [0.25, 0.3) is 0 Å². The van der Waals surface area contributed by atoms with E-state index in [1.165, 1.54) is 12.8 Å². The predicted molar refractivity (Wildman–Crippen MR) is 100.0 cm³/mol. The van der Waals surface area contributed by atoms with Crippen molar-refractivity contribution in [2.45, 2.75) is 32.4 Å². The molecule has 3 heterocycles. The van der Waals surface area contributed by atoms with Crippen molar-refractivity contribution in [1.82, 2.24) is 14.8 Å². The molecule has 2 saturated heterocycles. The molecule has 1 atom stereocenters. The minimum absolute atomic E-state index is 0.115. The molecule has 5 heteroatoms. The van der Waals surface area contributed by atoms with Crippen LogP contribution in [0.3, 0.4) is 0 Å². The van der Waals surface area contributed by atoms with Crippen molar-refractivity contribution in [3.8, 4) is 0 Å². The standard InChI is InChI=1S/C20H27N3O2/c1-15-4-5-19-18(11-15)20(24)12-16(21-19)13-22-6-8-23(9-7-22)14-17-3-2-10-25-17/h4-5,11-12,17H,2-3,6-10,13-14H2,1H3,(H,21,24). The van der Waals surface area contributed by atoms with Crippen LogP contribution in [0.25, 0.3) is 10.9 Å². The van der Waals surface area contributed by atoms with Crippen molar-refractivity contribution in [2.75, 3.05) is 39.3 Å². The number of nitrogens with zero attached hydrogens (tertiary/aromatic N) is 2. The molecule has 2 fully saturated rings. The Balaban J connectivity index is 1.37. The molecule has 25 heavy (non-hydrogen) atoms. The predicted octanol–water partition coefficient (Wildman–Crippen LogP) is 2.13. The number of hydrogen-bond acceptors (Lipinski definition) is 4. The fraction of sp³-hybridized carbons (Fsp3) is 0.550. The first-order valence-electron chi connectivity index (χ1n) is 9.36. The molecule has 1 aromatic carbocycles. The Labute approximate surface area is 148 Å². The lowest BCUT2D eigenvalue weighted by Crippen LogP contribution is -2.48. The Morgan fingerprint density at radius 1 is 1.16 bits per heavy atom. The number of nitrogens with one attached hydrogen (secondary N) is 1. The van der Waals surface area contributed by atoms with E-state index in [0.717, 1.165) is 68.0 Å². The van der Waals surface area contributed by atoms with Gasteiger partial charge in [-0.05, 0) is 31.9 Å². The maximum Gasteiger partial charge on any atom is 0.189 e. The van der Waals surface area contributed by atoms with Gasteiger partial charge in [0.05, 0.1) is 6.10 Å². The summed E-state index contributed by atoms with van der Waals surface area (Å²) in [6.45, 7) is 9.07. The summed E-state index contributed by atoms with van der Waals surface area (Å²) < 4.78 is 5.75. The molecule has 0 amide bonds. The highest BCUT2D eigenvalue weighted by atomic mass is 16.5. The van der Waals surface area contributed by atoms with E-state index in [1.807, 2.05) is 25.1 Å². The van der Waals surface area contributed by atoms with Crippen molar-refractivity contribution in [2.24, 2.45) is 0 Å². The van der Waals surface area contributed by atoms with Crippen LogP contribution in [0.5, 0.6) is 0 Å². The summed E-state index contributed by atoms with van der Waals surface area (Å²) in [5, 5.41) is 0.783. The number of pyridine rings is 1. The van der Waals surface area contributed by atoms with Crippen molar-refractivity contribution >= 4 is 10.9 Å². The molecule has 1 unspecified atom stereocenters. The first kappa shape index (κ1) is 16.8. The molecule has 4 rings (SSSR count). The summed E-state index contributed by atoms with van der Waals surface area (Å²) in [6, 6.07) is 7.78. The lowest BCUT2D eigenvalue weighted by Gasteiger charge is -2.35. The summed E-state index contributed by atoms with van der Waals surface area (Å²) in [4.78, 5) is 20.8. The van der Waals surface area contributed by atoms with E-state index in [1.54, 1.807) is 6.07 Å². The van der Waals surface area contributed by atoms with Crippen LogP contribution in [-0.2, 0) is 11.3 Å². The second-order valence-corrected chi connectivity index (χ2v) is 7.42. The maximum atomic E-state index is 12.4. The molecule has 0 bridgehead atoms. The second kappa shape index (κ2) is 7.28. The summed E-state index contributed by atoms with van der Waals surface area (Å²) in [5.74, 6) is 0. The Bertz CT molecular complexity index is 787. The molecule has 2 aromatic rings. The van der Waals surface area contributed by atoms with Crippen LogP contribution < -0.4 is 5.43 Å². The first-order valence-corrected chi connectivity index (χ1v) is 9.36. The molecule has 5 nitrogen and oxygen atoms in total. The van der Waals surface area contributed by atoms with Gasteiger partial charge in [-0.25, -0.2) is 0 Å². The SMILES string of the molecule is Cc1ccc2[nH]c(CN3CCN(CC4CCCO4)CC3)cc(=O)c2c1. The molecule has 2 aliphatic heterocycles. The number of ether oxygens (including phenoxy) is 1. The van der Waals surface area contributed by atoms with E-state index in [2.05, 4.69) is 14.8 Å². The normalized spacial score (nSPS) is 22.7. The third kappa shape index (κ3) is 3.94. The second-order valence-electron chi connectivity index (χ2n) is 7.42. The molecule has 0 aliphatic carbocycles. The summed E-state index contributed by atoms with van der Waals surface area (Å²) in [5.41, 5.74) is 3.18. The molecular formula is C20H27N3O2. The van der Waals surface area contributed by atoms with E-state index < -0.39 is 0 Å². The fourth-order valence-corrected chi connectivity index (χ4v) is 3.95. The molecular weight excluding hydrogens is 314 g/mol. The number of aryl methyl sites for hydroxylation is 1. The third-order valence-electron chi connectivity index (χ3n) is 5.39. The maximum absolute atomic E-state index is 12.4. The molecule has 2 aliphatic rings. The minimum atomic E-state index is 0.115. The van der Waals surface area contributed by atoms with Crippen LogP contribution in [0.15, 0.2) is 29.1 Å². The number of rotatable bonds is 4. The van der Waals surface area contributed by atoms with Gasteiger partial charge in [0.2, 0.25) is 0 Å². The lowest BCUT2D eigenvalue weighted by atomic mass is 10.1. The lowest BCUT2D eigenvalue weighted by molar-refractivity contribution is 0.0487. The van der Waals surface area contributed by atoms with Gasteiger partial charge in [-0.3, -0.25) is 14.6 Å². The van der Waals surface area contributed by atoms with Crippen molar-refractivity contribution in [3.05, 3.63) is 45.7 Å². The average molecular weight is 341 g/mol. The Hall–Kier alpha value is -1.69. The zero-order valence-corrected chi connectivity index (χ0v) is 15.0. The highest BCUT2D eigenvalue weighted by Gasteiger charge is 2.23. The van der Waals surface area contributed by atoms with Gasteiger partial charge in [0.15, 0.2) is 5.43 Å². The zero-order chi connectivity index (χ0) is 17.2. The number of H-pyrrole nitrogens is 1. The van der Waals surface area contributed by atoms with Gasteiger partial charge in [-0.1, -0.05) is 11.6 Å². The highest BCUT2D eigenvalue weighted by molar-refractivity contribution is 5.79. The van der Waals surface area contributed by atoms with Crippen LogP contribution in [0.1, 0.15) is 24.1 Å². The summed E-state index contributed by atoms with van der Waals surface area (Å²) in [7, 11) is 0. The molecule has 1 N–H and O–H groups in total. The van der Waals surface area contributed by atoms with Gasteiger partial charge in [-0.2, -0.15) is 0 Å². The van der Waals surface area contributed by atoms with E-state index in [4.69, 9.17) is 4.74 Å². The zero-order valence-electron chi connectivity index (χ0n) is 15.0. The number of fused-ring (bicyclic) bond motifs is 1. The van der Waals surface area contributed by atoms with Gasteiger partial charge in [-0.15, -0.1) is 0 Å². The van der Waals surface area contributed by atoms with Crippen LogP contribution in [0.2, 0.25) is 0 Å². The van der Waals surface area contributed by atoms with Crippen LogP contribution in [0, 0.1) is 6.92 Å². The average Bonchev–Trinajstić information content (AvgIpc) is 3.10. The van der Waals surface area contributed by atoms with Crippen LogP contribution in [-0.4, -0.2) is 60.2 Å². The van der Waals surface area contributed by atoms with E-state index >= 15 is 0 Å². The van der Waals surface area contributed by atoms with Gasteiger partial charge >= 0.3 is 0 Å². The topological polar surface area (TPSA) is 48.6 Å². The van der Waals surface area contributed by atoms with Crippen LogP contribution >= 0.6 is 0 Å². The van der Waals surface area contributed by atoms with Gasteiger partial charge < -0.3 is 9.72 Å². The van der Waals surface area contributed by atoms with Crippen molar-refractivity contribution in [3.63, 3.8) is 0 Å². The van der Waals surface area contributed by atoms with Crippen LogP contribution in [0.4, 0.5) is 0 Å². The van der Waals surface area contributed by atoms with E-state index in [-0.39, 0.29) is 5.43 Å². The molecule has 0 saturated carbocycles. The van der Waals surface area contributed by atoms with Crippen molar-refractivity contribution in [1.29, 1.82) is 0 Å². The fourth-order valence-electron chi connectivity index (χ4n) is 3.95. The van der Waals surface area contributed by atoms with Crippen molar-refractivity contribution < 1.29 is 4.74 Å². The Morgan fingerprint density at radius 3 is 2.72 bits per heavy atom. The van der Waals surface area contributed by atoms with E-state index in [9.17, 15) is 4.79 Å². The smallest absolute Gasteiger partial charge is 0.189 e. The highest BCUT2D eigenvalue weighted by Crippen LogP contribution is 2.16. The third-order valence-corrected chi connectivity index (χ3v) is 5.39. The summed E-state index contributed by atoms with van der Waals surface area (Å²) in [6.07, 6.45) is 2.85. The number of hydrogen-bond donors (Lipinski definition) is 1. The molecule has 0 radical (unpaired) electrons. The quantitative estimate of drug-likeness (QED) is 0.926. The van der Waals surface area contributed by atoms with Gasteiger partial charge in [0, 0.05) is 68.5 Å². The molecule has 1 aromatic heterocycles. The van der Waals surface area contributed by atoms with Gasteiger partial charge in [0.1, 0.15) is 0 Å². The number of aromatic amines is 1. The number of aromatic nitrogens is 1. The minimum Gasteiger partial charge on any atom is -0.377 e.